The van der Waals surface area contributed by atoms with Gasteiger partial charge >= 0.3 is 0 Å². The number of pyridine rings is 1. The molecule has 0 radical (unpaired) electrons. The van der Waals surface area contributed by atoms with Gasteiger partial charge < -0.3 is 10.1 Å². The molecular formula is C10H11N3O. The van der Waals surface area contributed by atoms with E-state index in [1.165, 1.54) is 0 Å². The van der Waals surface area contributed by atoms with Crippen LogP contribution in [0.25, 0.3) is 0 Å². The standard InChI is InChI=1S/C10H11N3O/c11-6-8-1-4-13-10(5-8)14-9-2-3-12-7-9/h1,4-5,9,12H,2-3,7H2/t9-/m1/s1. The summed E-state index contributed by atoms with van der Waals surface area (Å²) < 4.78 is 5.59. The molecule has 0 unspecified atom stereocenters. The normalized spacial score (nSPS) is 20.4. The molecule has 0 saturated carbocycles. The van der Waals surface area contributed by atoms with Crippen LogP contribution in [0.2, 0.25) is 0 Å². The number of nitrogens with one attached hydrogen (secondary N) is 1. The van der Waals surface area contributed by atoms with Crippen LogP contribution in [0.15, 0.2) is 18.3 Å². The highest BCUT2D eigenvalue weighted by atomic mass is 16.5. The highest BCUT2D eigenvalue weighted by Crippen LogP contribution is 2.12. The van der Waals surface area contributed by atoms with Crippen molar-refractivity contribution < 1.29 is 4.74 Å². The SMILES string of the molecule is N#Cc1ccnc(O[C@@H]2CCNC2)c1. The van der Waals surface area contributed by atoms with Crippen molar-refractivity contribution in [3.8, 4) is 11.9 Å². The van der Waals surface area contributed by atoms with E-state index in [9.17, 15) is 0 Å². The largest absolute Gasteiger partial charge is 0.473 e. The van der Waals surface area contributed by atoms with Gasteiger partial charge in [-0.2, -0.15) is 5.26 Å². The second-order valence-corrected chi connectivity index (χ2v) is 3.23. The molecular weight excluding hydrogens is 178 g/mol. The number of hydrogen-bond donors (Lipinski definition) is 1. The summed E-state index contributed by atoms with van der Waals surface area (Å²) in [6.45, 7) is 1.85. The molecule has 0 spiro atoms. The lowest BCUT2D eigenvalue weighted by Gasteiger charge is -2.10. The highest BCUT2D eigenvalue weighted by Gasteiger charge is 2.16. The summed E-state index contributed by atoms with van der Waals surface area (Å²) in [5.74, 6) is 0.540. The van der Waals surface area contributed by atoms with Crippen LogP contribution < -0.4 is 10.1 Å². The summed E-state index contributed by atoms with van der Waals surface area (Å²) in [7, 11) is 0. The minimum absolute atomic E-state index is 0.191. The minimum atomic E-state index is 0.191. The summed E-state index contributed by atoms with van der Waals surface area (Å²) in [6.07, 6.45) is 2.78. The van der Waals surface area contributed by atoms with Crippen molar-refractivity contribution in [1.82, 2.24) is 10.3 Å². The third kappa shape index (κ3) is 2.01. The van der Waals surface area contributed by atoms with E-state index in [-0.39, 0.29) is 6.10 Å². The van der Waals surface area contributed by atoms with Crippen LogP contribution in [0.3, 0.4) is 0 Å². The average Bonchev–Trinajstić information content (AvgIpc) is 2.71. The molecule has 2 rings (SSSR count). The predicted molar refractivity (Wildman–Crippen MR) is 50.9 cm³/mol. The van der Waals surface area contributed by atoms with Crippen LogP contribution >= 0.6 is 0 Å². The number of nitriles is 1. The molecule has 1 aromatic heterocycles. The van der Waals surface area contributed by atoms with Crippen LogP contribution in [0.4, 0.5) is 0 Å². The number of rotatable bonds is 2. The lowest BCUT2D eigenvalue weighted by molar-refractivity contribution is 0.214. The molecule has 0 bridgehead atoms. The van der Waals surface area contributed by atoms with Crippen molar-refractivity contribution in [2.45, 2.75) is 12.5 Å². The Labute approximate surface area is 82.5 Å². The predicted octanol–water partition coefficient (Wildman–Crippen LogP) is 0.694. The number of hydrogen-bond acceptors (Lipinski definition) is 4. The van der Waals surface area contributed by atoms with Gasteiger partial charge in [0.15, 0.2) is 0 Å². The van der Waals surface area contributed by atoms with Gasteiger partial charge in [0.25, 0.3) is 0 Å². The fraction of sp³-hybridized carbons (Fsp3) is 0.400. The van der Waals surface area contributed by atoms with E-state index in [0.717, 1.165) is 19.5 Å². The molecule has 1 fully saturated rings. The van der Waals surface area contributed by atoms with Crippen molar-refractivity contribution in [2.75, 3.05) is 13.1 Å². The third-order valence-electron chi connectivity index (χ3n) is 2.17. The van der Waals surface area contributed by atoms with Crippen LogP contribution in [0.5, 0.6) is 5.88 Å². The van der Waals surface area contributed by atoms with Crippen molar-refractivity contribution in [3.05, 3.63) is 23.9 Å². The highest BCUT2D eigenvalue weighted by molar-refractivity contribution is 5.31. The molecule has 1 N–H and O–H groups in total. The van der Waals surface area contributed by atoms with Gasteiger partial charge in [-0.15, -0.1) is 0 Å². The second-order valence-electron chi connectivity index (χ2n) is 3.23. The van der Waals surface area contributed by atoms with Gasteiger partial charge in [0, 0.05) is 18.8 Å². The number of nitrogens with zero attached hydrogens (tertiary/aromatic N) is 2. The zero-order chi connectivity index (χ0) is 9.80. The summed E-state index contributed by atoms with van der Waals surface area (Å²) >= 11 is 0. The van der Waals surface area contributed by atoms with Crippen LogP contribution in [0.1, 0.15) is 12.0 Å². The summed E-state index contributed by atoms with van der Waals surface area (Å²) in [5, 5.41) is 11.9. The molecule has 2 heterocycles. The Morgan fingerprint density at radius 1 is 1.64 bits per heavy atom. The Balaban J connectivity index is 2.05. The fourth-order valence-corrected chi connectivity index (χ4v) is 1.44. The minimum Gasteiger partial charge on any atom is -0.473 e. The van der Waals surface area contributed by atoms with Gasteiger partial charge in [-0.25, -0.2) is 4.98 Å². The Bertz CT molecular complexity index is 353. The summed E-state index contributed by atoms with van der Waals surface area (Å²) in [4.78, 5) is 4.05. The van der Waals surface area contributed by atoms with E-state index in [2.05, 4.69) is 16.4 Å². The summed E-state index contributed by atoms with van der Waals surface area (Å²) in [6, 6.07) is 5.39. The lowest BCUT2D eigenvalue weighted by Crippen LogP contribution is -2.20. The Morgan fingerprint density at radius 3 is 3.29 bits per heavy atom. The molecule has 1 aliphatic rings. The van der Waals surface area contributed by atoms with Crippen LogP contribution in [-0.2, 0) is 0 Å². The quantitative estimate of drug-likeness (QED) is 0.743. The van der Waals surface area contributed by atoms with E-state index in [4.69, 9.17) is 10.00 Å². The number of ether oxygens (including phenoxy) is 1. The van der Waals surface area contributed by atoms with E-state index in [1.54, 1.807) is 18.3 Å². The van der Waals surface area contributed by atoms with Crippen molar-refractivity contribution in [1.29, 1.82) is 5.26 Å². The Hall–Kier alpha value is -1.60. The molecule has 0 aliphatic carbocycles. The van der Waals surface area contributed by atoms with E-state index < -0.39 is 0 Å². The van der Waals surface area contributed by atoms with Gasteiger partial charge in [-0.05, 0) is 19.0 Å². The maximum absolute atomic E-state index is 8.68. The van der Waals surface area contributed by atoms with Gasteiger partial charge in [-0.1, -0.05) is 0 Å². The smallest absolute Gasteiger partial charge is 0.214 e. The Kier molecular flexibility index (Phi) is 2.61. The third-order valence-corrected chi connectivity index (χ3v) is 2.17. The first-order chi connectivity index (χ1) is 6.88. The first-order valence-corrected chi connectivity index (χ1v) is 4.62. The molecule has 0 aromatic carbocycles. The Morgan fingerprint density at radius 2 is 2.57 bits per heavy atom. The molecule has 4 heteroatoms. The molecule has 1 atom stereocenters. The molecule has 72 valence electrons. The maximum atomic E-state index is 8.68. The lowest BCUT2D eigenvalue weighted by atomic mass is 10.3. The van der Waals surface area contributed by atoms with Gasteiger partial charge in [0.05, 0.1) is 11.6 Å². The van der Waals surface area contributed by atoms with Gasteiger partial charge in [0.2, 0.25) is 5.88 Å². The van der Waals surface area contributed by atoms with Crippen molar-refractivity contribution in [2.24, 2.45) is 0 Å². The van der Waals surface area contributed by atoms with E-state index >= 15 is 0 Å². The van der Waals surface area contributed by atoms with Crippen LogP contribution in [-0.4, -0.2) is 24.2 Å². The van der Waals surface area contributed by atoms with Gasteiger partial charge in [-0.3, -0.25) is 0 Å². The second kappa shape index (κ2) is 4.07. The monoisotopic (exact) mass is 189 g/mol. The summed E-state index contributed by atoms with van der Waals surface area (Å²) in [5.41, 5.74) is 0.584. The average molecular weight is 189 g/mol. The molecule has 1 aromatic rings. The zero-order valence-electron chi connectivity index (χ0n) is 7.73. The molecule has 0 amide bonds. The van der Waals surface area contributed by atoms with E-state index in [1.807, 2.05) is 0 Å². The molecule has 14 heavy (non-hydrogen) atoms. The first kappa shape index (κ1) is 8.97. The van der Waals surface area contributed by atoms with E-state index in [0.29, 0.717) is 11.4 Å². The fourth-order valence-electron chi connectivity index (χ4n) is 1.44. The molecule has 1 aliphatic heterocycles. The van der Waals surface area contributed by atoms with Crippen molar-refractivity contribution >= 4 is 0 Å². The molecule has 1 saturated heterocycles. The molecule has 4 nitrogen and oxygen atoms in total. The topological polar surface area (TPSA) is 57.9 Å². The van der Waals surface area contributed by atoms with Crippen molar-refractivity contribution in [3.63, 3.8) is 0 Å². The number of aromatic nitrogens is 1. The van der Waals surface area contributed by atoms with Gasteiger partial charge in [0.1, 0.15) is 6.10 Å². The van der Waals surface area contributed by atoms with Crippen LogP contribution in [0, 0.1) is 11.3 Å². The first-order valence-electron chi connectivity index (χ1n) is 4.62. The maximum Gasteiger partial charge on any atom is 0.214 e. The zero-order valence-corrected chi connectivity index (χ0v) is 7.73.